The molecule has 0 aliphatic carbocycles. The first-order chi connectivity index (χ1) is 10.2. The van der Waals surface area contributed by atoms with Gasteiger partial charge in [0.25, 0.3) is 0 Å². The third-order valence-corrected chi connectivity index (χ3v) is 3.62. The molecule has 3 aromatic rings. The van der Waals surface area contributed by atoms with Crippen molar-refractivity contribution in [1.82, 2.24) is 14.6 Å². The Balaban J connectivity index is 1.92. The number of nitrogens with one attached hydrogen (secondary N) is 1. The van der Waals surface area contributed by atoms with E-state index in [0.29, 0.717) is 11.6 Å². The van der Waals surface area contributed by atoms with Gasteiger partial charge in [0.05, 0.1) is 7.11 Å². The molecule has 6 heteroatoms. The Morgan fingerprint density at radius 1 is 1.33 bits per heavy atom. The number of nitrogens with zero attached hydrogens (tertiary/aromatic N) is 3. The summed E-state index contributed by atoms with van der Waals surface area (Å²) in [6.07, 6.45) is 1.54. The smallest absolute Gasteiger partial charge is 0.157 e. The second-order valence-corrected chi connectivity index (χ2v) is 5.13. The standard InChI is InChI=1S/C15H15ClN4O/c1-10-6-14(20-15(7-10)18-9-19-20)17-8-11-12(16)4-3-5-13(11)21-2/h3-7,9,17H,8H2,1-2H3. The Hall–Kier alpha value is -2.27. The highest BCUT2D eigenvalue weighted by Crippen LogP contribution is 2.27. The summed E-state index contributed by atoms with van der Waals surface area (Å²) >= 11 is 6.25. The molecule has 0 fully saturated rings. The average Bonchev–Trinajstić information content (AvgIpc) is 2.93. The van der Waals surface area contributed by atoms with Gasteiger partial charge in [-0.3, -0.25) is 0 Å². The summed E-state index contributed by atoms with van der Waals surface area (Å²) in [6.45, 7) is 2.57. The van der Waals surface area contributed by atoms with E-state index in [9.17, 15) is 0 Å². The molecule has 0 saturated carbocycles. The Morgan fingerprint density at radius 2 is 2.19 bits per heavy atom. The Morgan fingerprint density at radius 3 is 3.00 bits per heavy atom. The lowest BCUT2D eigenvalue weighted by atomic mass is 10.2. The van der Waals surface area contributed by atoms with E-state index in [1.54, 1.807) is 11.6 Å². The van der Waals surface area contributed by atoms with Gasteiger partial charge < -0.3 is 10.1 Å². The molecule has 0 aliphatic heterocycles. The Bertz CT molecular complexity index is 784. The zero-order valence-corrected chi connectivity index (χ0v) is 12.6. The normalized spacial score (nSPS) is 10.8. The zero-order chi connectivity index (χ0) is 14.8. The fourth-order valence-electron chi connectivity index (χ4n) is 2.26. The van der Waals surface area contributed by atoms with Crippen LogP contribution in [0.25, 0.3) is 5.65 Å². The minimum Gasteiger partial charge on any atom is -0.496 e. The molecule has 1 aromatic carbocycles. The number of pyridine rings is 1. The first-order valence-corrected chi connectivity index (χ1v) is 6.92. The summed E-state index contributed by atoms with van der Waals surface area (Å²) in [4.78, 5) is 4.21. The van der Waals surface area contributed by atoms with Crippen LogP contribution in [0.2, 0.25) is 5.02 Å². The molecule has 2 aromatic heterocycles. The maximum absolute atomic E-state index is 6.25. The van der Waals surface area contributed by atoms with Gasteiger partial charge in [0, 0.05) is 17.1 Å². The van der Waals surface area contributed by atoms with Crippen LogP contribution in [0.5, 0.6) is 5.75 Å². The molecule has 108 valence electrons. The molecule has 0 amide bonds. The predicted molar refractivity (Wildman–Crippen MR) is 83.1 cm³/mol. The molecule has 0 atom stereocenters. The molecular formula is C15H15ClN4O. The van der Waals surface area contributed by atoms with E-state index in [0.717, 1.165) is 28.3 Å². The number of anilines is 1. The third-order valence-electron chi connectivity index (χ3n) is 3.27. The van der Waals surface area contributed by atoms with Gasteiger partial charge in [0.15, 0.2) is 5.65 Å². The first kappa shape index (κ1) is 13.7. The highest BCUT2D eigenvalue weighted by atomic mass is 35.5. The minimum atomic E-state index is 0.543. The largest absolute Gasteiger partial charge is 0.496 e. The van der Waals surface area contributed by atoms with Gasteiger partial charge in [-0.25, -0.2) is 4.98 Å². The number of aryl methyl sites for hydroxylation is 1. The van der Waals surface area contributed by atoms with E-state index in [1.807, 2.05) is 37.3 Å². The van der Waals surface area contributed by atoms with Crippen LogP contribution in [0.3, 0.4) is 0 Å². The topological polar surface area (TPSA) is 51.5 Å². The summed E-state index contributed by atoms with van der Waals surface area (Å²) in [7, 11) is 1.64. The van der Waals surface area contributed by atoms with E-state index in [1.165, 1.54) is 6.33 Å². The van der Waals surface area contributed by atoms with Crippen LogP contribution in [0.4, 0.5) is 5.82 Å². The summed E-state index contributed by atoms with van der Waals surface area (Å²) in [5, 5.41) is 8.23. The molecule has 0 aliphatic rings. The Kier molecular flexibility index (Phi) is 3.66. The summed E-state index contributed by atoms with van der Waals surface area (Å²) in [5.41, 5.74) is 2.84. The number of benzene rings is 1. The maximum atomic E-state index is 6.25. The second-order valence-electron chi connectivity index (χ2n) is 4.72. The van der Waals surface area contributed by atoms with Gasteiger partial charge in [-0.2, -0.15) is 9.61 Å². The van der Waals surface area contributed by atoms with Gasteiger partial charge in [-0.15, -0.1) is 0 Å². The quantitative estimate of drug-likeness (QED) is 0.803. The van der Waals surface area contributed by atoms with Crippen LogP contribution >= 0.6 is 11.6 Å². The molecule has 5 nitrogen and oxygen atoms in total. The number of fused-ring (bicyclic) bond motifs is 1. The van der Waals surface area contributed by atoms with Crippen molar-refractivity contribution in [1.29, 1.82) is 0 Å². The Labute approximate surface area is 127 Å². The fourth-order valence-corrected chi connectivity index (χ4v) is 2.50. The summed E-state index contributed by atoms with van der Waals surface area (Å²) < 4.78 is 7.11. The summed E-state index contributed by atoms with van der Waals surface area (Å²) in [5.74, 6) is 1.63. The molecule has 3 rings (SSSR count). The van der Waals surface area contributed by atoms with Crippen molar-refractivity contribution >= 4 is 23.1 Å². The number of rotatable bonds is 4. The molecule has 0 radical (unpaired) electrons. The fraction of sp³-hybridized carbons (Fsp3) is 0.200. The molecule has 0 spiro atoms. The second kappa shape index (κ2) is 5.61. The molecular weight excluding hydrogens is 288 g/mol. The van der Waals surface area contributed by atoms with Gasteiger partial charge in [0.1, 0.15) is 17.9 Å². The van der Waals surface area contributed by atoms with Gasteiger partial charge in [-0.1, -0.05) is 17.7 Å². The van der Waals surface area contributed by atoms with E-state index in [-0.39, 0.29) is 0 Å². The average molecular weight is 303 g/mol. The SMILES string of the molecule is COc1cccc(Cl)c1CNc1cc(C)cc2ncnn12. The van der Waals surface area contributed by atoms with E-state index >= 15 is 0 Å². The van der Waals surface area contributed by atoms with Crippen LogP contribution < -0.4 is 10.1 Å². The lowest BCUT2D eigenvalue weighted by Crippen LogP contribution is -2.07. The van der Waals surface area contributed by atoms with Crippen molar-refractivity contribution < 1.29 is 4.74 Å². The van der Waals surface area contributed by atoms with Crippen molar-refractivity contribution in [3.05, 3.63) is 52.8 Å². The number of ether oxygens (including phenoxy) is 1. The predicted octanol–water partition coefficient (Wildman–Crippen LogP) is 3.31. The summed E-state index contributed by atoms with van der Waals surface area (Å²) in [6, 6.07) is 9.61. The zero-order valence-electron chi connectivity index (χ0n) is 11.8. The van der Waals surface area contributed by atoms with Crippen molar-refractivity contribution in [2.24, 2.45) is 0 Å². The van der Waals surface area contributed by atoms with Crippen LogP contribution in [0.1, 0.15) is 11.1 Å². The number of methoxy groups -OCH3 is 1. The number of aromatic nitrogens is 3. The monoisotopic (exact) mass is 302 g/mol. The number of hydrogen-bond acceptors (Lipinski definition) is 4. The highest BCUT2D eigenvalue weighted by molar-refractivity contribution is 6.31. The van der Waals surface area contributed by atoms with Gasteiger partial charge in [0.2, 0.25) is 0 Å². The van der Waals surface area contributed by atoms with Gasteiger partial charge >= 0.3 is 0 Å². The van der Waals surface area contributed by atoms with Gasteiger partial charge in [-0.05, 0) is 36.8 Å². The molecule has 0 bridgehead atoms. The van der Waals surface area contributed by atoms with E-state index in [4.69, 9.17) is 16.3 Å². The minimum absolute atomic E-state index is 0.543. The molecule has 21 heavy (non-hydrogen) atoms. The van der Waals surface area contributed by atoms with E-state index < -0.39 is 0 Å². The third kappa shape index (κ3) is 2.64. The van der Waals surface area contributed by atoms with Crippen molar-refractivity contribution in [2.45, 2.75) is 13.5 Å². The lowest BCUT2D eigenvalue weighted by molar-refractivity contribution is 0.410. The highest BCUT2D eigenvalue weighted by Gasteiger charge is 2.09. The number of hydrogen-bond donors (Lipinski definition) is 1. The number of halogens is 1. The van der Waals surface area contributed by atoms with E-state index in [2.05, 4.69) is 15.4 Å². The van der Waals surface area contributed by atoms with Crippen LogP contribution in [-0.4, -0.2) is 21.7 Å². The lowest BCUT2D eigenvalue weighted by Gasteiger charge is -2.13. The van der Waals surface area contributed by atoms with Crippen LogP contribution in [-0.2, 0) is 6.54 Å². The molecule has 0 unspecified atom stereocenters. The van der Waals surface area contributed by atoms with Crippen molar-refractivity contribution in [3.8, 4) is 5.75 Å². The molecule has 0 saturated heterocycles. The maximum Gasteiger partial charge on any atom is 0.157 e. The molecule has 1 N–H and O–H groups in total. The van der Waals surface area contributed by atoms with Crippen LogP contribution in [0, 0.1) is 6.92 Å². The first-order valence-electron chi connectivity index (χ1n) is 6.54. The van der Waals surface area contributed by atoms with Crippen molar-refractivity contribution in [3.63, 3.8) is 0 Å². The van der Waals surface area contributed by atoms with Crippen LogP contribution in [0.15, 0.2) is 36.7 Å². The van der Waals surface area contributed by atoms with Crippen molar-refractivity contribution in [2.75, 3.05) is 12.4 Å². The molecule has 2 heterocycles.